The number of nitrogens with one attached hydrogen (secondary N) is 1. The van der Waals surface area contributed by atoms with Crippen molar-refractivity contribution in [3.05, 3.63) is 58.6 Å². The Balaban J connectivity index is 1.80. The number of nitrogens with zero attached hydrogens (tertiary/aromatic N) is 2. The predicted molar refractivity (Wildman–Crippen MR) is 90.7 cm³/mol. The number of aliphatic hydroxyl groups is 2. The molecule has 0 saturated carbocycles. The molecule has 0 spiro atoms. The zero-order chi connectivity index (χ0) is 18.7. The summed E-state index contributed by atoms with van der Waals surface area (Å²) in [6.45, 7) is -0.412. The van der Waals surface area contributed by atoms with Crippen molar-refractivity contribution in [2.45, 2.75) is 24.5 Å². The van der Waals surface area contributed by atoms with Crippen LogP contribution in [0.4, 0.5) is 5.82 Å². The average Bonchev–Trinajstić information content (AvgIpc) is 2.98. The van der Waals surface area contributed by atoms with E-state index in [0.717, 1.165) is 4.57 Å². The molecule has 3 rings (SSSR count). The number of benzene rings is 1. The van der Waals surface area contributed by atoms with Crippen molar-refractivity contribution in [2.24, 2.45) is 0 Å². The van der Waals surface area contributed by atoms with Gasteiger partial charge in [-0.3, -0.25) is 9.36 Å². The largest absolute Gasteiger partial charge is 0.394 e. The van der Waals surface area contributed by atoms with Crippen LogP contribution in [0, 0.1) is 0 Å². The molecule has 1 fully saturated rings. The minimum Gasteiger partial charge on any atom is -0.394 e. The van der Waals surface area contributed by atoms with E-state index in [9.17, 15) is 19.8 Å². The molecule has 0 bridgehead atoms. The zero-order valence-electron chi connectivity index (χ0n) is 14.0. The lowest BCUT2D eigenvalue weighted by atomic mass is 10.1. The molecule has 1 amide bonds. The third-order valence-electron chi connectivity index (χ3n) is 4.15. The number of amides is 1. The van der Waals surface area contributed by atoms with E-state index >= 15 is 0 Å². The maximum absolute atomic E-state index is 12.3. The molecular formula is C17H19N3O6. The summed E-state index contributed by atoms with van der Waals surface area (Å²) >= 11 is 0. The number of aromatic nitrogens is 2. The Hall–Kier alpha value is -2.59. The van der Waals surface area contributed by atoms with Gasteiger partial charge in [0, 0.05) is 18.9 Å². The van der Waals surface area contributed by atoms with Crippen LogP contribution in [-0.2, 0) is 9.47 Å². The highest BCUT2D eigenvalue weighted by molar-refractivity contribution is 6.03. The second-order valence-electron chi connectivity index (χ2n) is 5.76. The topological polar surface area (TPSA) is 123 Å². The van der Waals surface area contributed by atoms with Gasteiger partial charge in [0.1, 0.15) is 24.1 Å². The molecule has 1 unspecified atom stereocenters. The number of aliphatic hydroxyl groups excluding tert-OH is 2. The van der Waals surface area contributed by atoms with E-state index in [1.807, 2.05) is 0 Å². The van der Waals surface area contributed by atoms with Gasteiger partial charge in [-0.05, 0) is 18.2 Å². The quantitative estimate of drug-likeness (QED) is 0.672. The Kier molecular flexibility index (Phi) is 5.43. The first-order chi connectivity index (χ1) is 12.5. The molecule has 1 aliphatic rings. The van der Waals surface area contributed by atoms with Crippen LogP contribution in [-0.4, -0.2) is 57.7 Å². The molecule has 26 heavy (non-hydrogen) atoms. The summed E-state index contributed by atoms with van der Waals surface area (Å²) in [6.07, 6.45) is -2.34. The van der Waals surface area contributed by atoms with Crippen molar-refractivity contribution < 1.29 is 24.5 Å². The third-order valence-corrected chi connectivity index (χ3v) is 4.15. The molecule has 4 atom stereocenters. The second kappa shape index (κ2) is 7.75. The number of anilines is 1. The van der Waals surface area contributed by atoms with Gasteiger partial charge in [-0.15, -0.1) is 0 Å². The van der Waals surface area contributed by atoms with Crippen LogP contribution in [0.3, 0.4) is 0 Å². The third kappa shape index (κ3) is 3.51. The number of ether oxygens (including phenoxy) is 2. The van der Waals surface area contributed by atoms with Gasteiger partial charge in [-0.25, -0.2) is 4.79 Å². The van der Waals surface area contributed by atoms with E-state index in [4.69, 9.17) is 9.47 Å². The highest BCUT2D eigenvalue weighted by atomic mass is 16.6. The minimum atomic E-state index is -1.08. The maximum atomic E-state index is 12.3. The highest BCUT2D eigenvalue weighted by Crippen LogP contribution is 2.30. The molecule has 9 nitrogen and oxygen atoms in total. The van der Waals surface area contributed by atoms with Crippen LogP contribution in [0.5, 0.6) is 0 Å². The van der Waals surface area contributed by atoms with Crippen molar-refractivity contribution in [1.82, 2.24) is 9.55 Å². The Labute approximate surface area is 148 Å². The Morgan fingerprint density at radius 2 is 2.08 bits per heavy atom. The molecule has 3 N–H and O–H groups in total. The van der Waals surface area contributed by atoms with Crippen LogP contribution < -0.4 is 11.0 Å². The van der Waals surface area contributed by atoms with Gasteiger partial charge in [0.15, 0.2) is 6.23 Å². The Morgan fingerprint density at radius 1 is 1.35 bits per heavy atom. The number of methoxy groups -OCH3 is 1. The SMILES string of the molecule is CO[C@H]1C(n2ccc(NC(=O)c3ccccc3)nc2=O)O[C@H](CO)[C@H]1O. The number of hydrogen-bond acceptors (Lipinski definition) is 7. The lowest BCUT2D eigenvalue weighted by Crippen LogP contribution is -2.37. The molecule has 1 aromatic heterocycles. The first kappa shape index (κ1) is 18.2. The number of carbonyl (C=O) groups excluding carboxylic acids is 1. The number of rotatable bonds is 5. The van der Waals surface area contributed by atoms with Crippen LogP contribution in [0.15, 0.2) is 47.4 Å². The lowest BCUT2D eigenvalue weighted by molar-refractivity contribution is -0.0624. The van der Waals surface area contributed by atoms with E-state index in [0.29, 0.717) is 5.56 Å². The summed E-state index contributed by atoms with van der Waals surface area (Å²) < 4.78 is 11.8. The number of hydrogen-bond donors (Lipinski definition) is 3. The van der Waals surface area contributed by atoms with Crippen molar-refractivity contribution in [3.8, 4) is 0 Å². The highest BCUT2D eigenvalue weighted by Gasteiger charge is 2.45. The monoisotopic (exact) mass is 361 g/mol. The van der Waals surface area contributed by atoms with E-state index in [1.165, 1.54) is 19.4 Å². The molecule has 138 valence electrons. The standard InChI is InChI=1S/C17H19N3O6/c1-25-14-13(22)11(9-21)26-16(14)20-8-7-12(19-17(20)24)18-15(23)10-5-3-2-4-6-10/h2-8,11,13-14,16,21-22H,9H2,1H3,(H,18,19,23,24)/t11-,13-,14-,16?/m1/s1. The molecule has 2 heterocycles. The molecule has 1 aromatic carbocycles. The maximum Gasteiger partial charge on any atom is 0.351 e. The van der Waals surface area contributed by atoms with Gasteiger partial charge in [0.2, 0.25) is 0 Å². The summed E-state index contributed by atoms with van der Waals surface area (Å²) in [4.78, 5) is 28.3. The Bertz CT molecular complexity index is 825. The Morgan fingerprint density at radius 3 is 2.69 bits per heavy atom. The summed E-state index contributed by atoms with van der Waals surface area (Å²) in [6, 6.07) is 9.97. The predicted octanol–water partition coefficient (Wildman–Crippen LogP) is -0.239. The van der Waals surface area contributed by atoms with E-state index in [2.05, 4.69) is 10.3 Å². The second-order valence-corrected chi connectivity index (χ2v) is 5.76. The van der Waals surface area contributed by atoms with Gasteiger partial charge in [0.25, 0.3) is 5.91 Å². The molecular weight excluding hydrogens is 342 g/mol. The molecule has 9 heteroatoms. The van der Waals surface area contributed by atoms with Crippen molar-refractivity contribution in [3.63, 3.8) is 0 Å². The van der Waals surface area contributed by atoms with Crippen LogP contribution >= 0.6 is 0 Å². The number of carbonyl (C=O) groups is 1. The summed E-state index contributed by atoms with van der Waals surface area (Å²) in [5, 5.41) is 21.9. The minimum absolute atomic E-state index is 0.0892. The van der Waals surface area contributed by atoms with Gasteiger partial charge in [0.05, 0.1) is 6.61 Å². The fourth-order valence-corrected chi connectivity index (χ4v) is 2.80. The van der Waals surface area contributed by atoms with Crippen molar-refractivity contribution in [2.75, 3.05) is 19.0 Å². The normalized spacial score (nSPS) is 25.2. The van der Waals surface area contributed by atoms with Crippen molar-refractivity contribution >= 4 is 11.7 Å². The molecule has 2 aromatic rings. The van der Waals surface area contributed by atoms with E-state index in [-0.39, 0.29) is 5.82 Å². The summed E-state index contributed by atoms with van der Waals surface area (Å²) in [5.74, 6) is -0.302. The molecule has 0 radical (unpaired) electrons. The van der Waals surface area contributed by atoms with Crippen molar-refractivity contribution in [1.29, 1.82) is 0 Å². The first-order valence-electron chi connectivity index (χ1n) is 7.98. The van der Waals surface area contributed by atoms with Gasteiger partial charge in [-0.1, -0.05) is 18.2 Å². The van der Waals surface area contributed by atoms with Crippen LogP contribution in [0.25, 0.3) is 0 Å². The fourth-order valence-electron chi connectivity index (χ4n) is 2.80. The zero-order valence-corrected chi connectivity index (χ0v) is 14.0. The van der Waals surface area contributed by atoms with Gasteiger partial charge < -0.3 is 25.0 Å². The lowest BCUT2D eigenvalue weighted by Gasteiger charge is -2.20. The molecule has 0 aliphatic carbocycles. The van der Waals surface area contributed by atoms with Crippen LogP contribution in [0.2, 0.25) is 0 Å². The van der Waals surface area contributed by atoms with Gasteiger partial charge in [-0.2, -0.15) is 4.98 Å². The molecule has 1 saturated heterocycles. The van der Waals surface area contributed by atoms with Crippen LogP contribution in [0.1, 0.15) is 16.6 Å². The fraction of sp³-hybridized carbons (Fsp3) is 0.353. The molecule has 1 aliphatic heterocycles. The van der Waals surface area contributed by atoms with Gasteiger partial charge >= 0.3 is 5.69 Å². The summed E-state index contributed by atoms with van der Waals surface area (Å²) in [5.41, 5.74) is -0.250. The van der Waals surface area contributed by atoms with E-state index < -0.39 is 42.7 Å². The summed E-state index contributed by atoms with van der Waals surface area (Å²) in [7, 11) is 1.37. The first-order valence-corrected chi connectivity index (χ1v) is 7.98. The smallest absolute Gasteiger partial charge is 0.351 e. The average molecular weight is 361 g/mol. The van der Waals surface area contributed by atoms with E-state index in [1.54, 1.807) is 30.3 Å².